The molecule has 2 aromatic rings. The van der Waals surface area contributed by atoms with E-state index < -0.39 is 0 Å². The minimum absolute atomic E-state index is 0.200. The third kappa shape index (κ3) is 4.47. The second-order valence-corrected chi connectivity index (χ2v) is 6.15. The van der Waals surface area contributed by atoms with Crippen LogP contribution in [0.1, 0.15) is 49.9 Å². The minimum Gasteiger partial charge on any atom is -0.303 e. The highest BCUT2D eigenvalue weighted by molar-refractivity contribution is 6.31. The van der Waals surface area contributed by atoms with E-state index in [1.807, 2.05) is 30.3 Å². The van der Waals surface area contributed by atoms with Gasteiger partial charge in [0.15, 0.2) is 0 Å². The van der Waals surface area contributed by atoms with Crippen LogP contribution in [0.4, 0.5) is 0 Å². The summed E-state index contributed by atoms with van der Waals surface area (Å²) < 4.78 is 0. The number of rotatable bonds is 6. The van der Waals surface area contributed by atoms with Gasteiger partial charge in [-0.1, -0.05) is 66.9 Å². The Bertz CT molecular complexity index is 566. The van der Waals surface area contributed by atoms with Gasteiger partial charge in [0, 0.05) is 22.1 Å². The van der Waals surface area contributed by atoms with Crippen molar-refractivity contribution >= 4 is 23.2 Å². The molecule has 0 aliphatic rings. The van der Waals surface area contributed by atoms with Crippen molar-refractivity contribution in [2.75, 3.05) is 0 Å². The summed E-state index contributed by atoms with van der Waals surface area (Å²) in [4.78, 5) is 0. The zero-order valence-electron chi connectivity index (χ0n) is 12.4. The van der Waals surface area contributed by atoms with Crippen molar-refractivity contribution in [2.45, 2.75) is 38.8 Å². The lowest BCUT2D eigenvalue weighted by molar-refractivity contribution is 0.439. The number of nitrogens with one attached hydrogen (secondary N) is 1. The molecule has 0 amide bonds. The smallest absolute Gasteiger partial charge is 0.0453 e. The maximum absolute atomic E-state index is 6.29. The molecule has 112 valence electrons. The van der Waals surface area contributed by atoms with Gasteiger partial charge in [0.1, 0.15) is 0 Å². The molecule has 2 atom stereocenters. The van der Waals surface area contributed by atoms with Crippen molar-refractivity contribution in [1.29, 1.82) is 0 Å². The van der Waals surface area contributed by atoms with Gasteiger partial charge in [0.2, 0.25) is 0 Å². The van der Waals surface area contributed by atoms with Crippen LogP contribution in [0.25, 0.3) is 0 Å². The van der Waals surface area contributed by atoms with E-state index in [1.54, 1.807) is 0 Å². The van der Waals surface area contributed by atoms with Crippen LogP contribution in [0.15, 0.2) is 48.5 Å². The highest BCUT2D eigenvalue weighted by atomic mass is 35.5. The molecule has 0 bridgehead atoms. The maximum atomic E-state index is 6.29. The molecule has 2 unspecified atom stereocenters. The van der Waals surface area contributed by atoms with E-state index >= 15 is 0 Å². The van der Waals surface area contributed by atoms with E-state index in [0.717, 1.165) is 28.5 Å². The molecule has 3 heteroatoms. The normalized spacial score (nSPS) is 13.9. The van der Waals surface area contributed by atoms with Crippen molar-refractivity contribution in [3.63, 3.8) is 0 Å². The quantitative estimate of drug-likeness (QED) is 0.669. The lowest BCUT2D eigenvalue weighted by atomic mass is 9.99. The van der Waals surface area contributed by atoms with Gasteiger partial charge in [-0.15, -0.1) is 0 Å². The van der Waals surface area contributed by atoms with Gasteiger partial charge in [-0.3, -0.25) is 0 Å². The molecule has 0 spiro atoms. The Morgan fingerprint density at radius 1 is 1.00 bits per heavy atom. The van der Waals surface area contributed by atoms with Crippen LogP contribution in [-0.4, -0.2) is 0 Å². The average Bonchev–Trinajstić information content (AvgIpc) is 2.48. The number of hydrogen-bond donors (Lipinski definition) is 1. The summed E-state index contributed by atoms with van der Waals surface area (Å²) >= 11 is 12.3. The average molecular weight is 322 g/mol. The van der Waals surface area contributed by atoms with Gasteiger partial charge in [-0.2, -0.15) is 0 Å². The number of halogens is 2. The monoisotopic (exact) mass is 321 g/mol. The molecule has 0 heterocycles. The van der Waals surface area contributed by atoms with E-state index in [4.69, 9.17) is 23.2 Å². The first-order chi connectivity index (χ1) is 10.1. The topological polar surface area (TPSA) is 12.0 Å². The summed E-state index contributed by atoms with van der Waals surface area (Å²) in [5.74, 6) is 0. The molecule has 0 saturated carbocycles. The Kier molecular flexibility index (Phi) is 6.10. The second-order valence-electron chi connectivity index (χ2n) is 5.30. The van der Waals surface area contributed by atoms with Gasteiger partial charge in [0.05, 0.1) is 0 Å². The summed E-state index contributed by atoms with van der Waals surface area (Å²) in [5.41, 5.74) is 2.40. The molecule has 2 rings (SSSR count). The van der Waals surface area contributed by atoms with Crippen LogP contribution in [0, 0.1) is 0 Å². The van der Waals surface area contributed by atoms with E-state index in [0.29, 0.717) is 6.04 Å². The fourth-order valence-electron chi connectivity index (χ4n) is 2.55. The molecule has 0 aromatic heterocycles. The summed E-state index contributed by atoms with van der Waals surface area (Å²) in [5, 5.41) is 5.26. The van der Waals surface area contributed by atoms with Crippen molar-refractivity contribution in [2.24, 2.45) is 0 Å². The molecular formula is C18H21Cl2N. The fourth-order valence-corrected chi connectivity index (χ4v) is 2.97. The number of hydrogen-bond acceptors (Lipinski definition) is 1. The largest absolute Gasteiger partial charge is 0.303 e. The SMILES string of the molecule is CCCC(NC(C)c1ccccc1Cl)c1ccc(Cl)cc1. The van der Waals surface area contributed by atoms with Gasteiger partial charge in [0.25, 0.3) is 0 Å². The zero-order chi connectivity index (χ0) is 15.2. The molecule has 1 N–H and O–H groups in total. The van der Waals surface area contributed by atoms with E-state index in [9.17, 15) is 0 Å². The Balaban J connectivity index is 2.16. The van der Waals surface area contributed by atoms with Crippen LogP contribution < -0.4 is 5.32 Å². The van der Waals surface area contributed by atoms with Crippen molar-refractivity contribution in [3.8, 4) is 0 Å². The zero-order valence-corrected chi connectivity index (χ0v) is 14.0. The predicted octanol–water partition coefficient (Wildman–Crippen LogP) is 6.19. The molecule has 0 fully saturated rings. The van der Waals surface area contributed by atoms with Crippen molar-refractivity contribution in [1.82, 2.24) is 5.32 Å². The van der Waals surface area contributed by atoms with Gasteiger partial charge < -0.3 is 5.32 Å². The Labute approximate surface area is 137 Å². The first-order valence-electron chi connectivity index (χ1n) is 7.37. The molecule has 21 heavy (non-hydrogen) atoms. The van der Waals surface area contributed by atoms with Gasteiger partial charge in [-0.25, -0.2) is 0 Å². The molecule has 1 nitrogen and oxygen atoms in total. The molecular weight excluding hydrogens is 301 g/mol. The van der Waals surface area contributed by atoms with Crippen LogP contribution >= 0.6 is 23.2 Å². The predicted molar refractivity (Wildman–Crippen MR) is 92.1 cm³/mol. The molecule has 0 saturated heterocycles. The standard InChI is InChI=1S/C18H21Cl2N/c1-3-6-18(14-9-11-15(19)12-10-14)21-13(2)16-7-4-5-8-17(16)20/h4-5,7-13,18,21H,3,6H2,1-2H3. The molecule has 0 aliphatic carbocycles. The van der Waals surface area contributed by atoms with Gasteiger partial charge >= 0.3 is 0 Å². The first kappa shape index (κ1) is 16.4. The summed E-state index contributed by atoms with van der Waals surface area (Å²) in [6.07, 6.45) is 2.20. The third-order valence-corrected chi connectivity index (χ3v) is 4.27. The van der Waals surface area contributed by atoms with Crippen LogP contribution in [-0.2, 0) is 0 Å². The Morgan fingerprint density at radius 2 is 1.67 bits per heavy atom. The lowest BCUT2D eigenvalue weighted by Gasteiger charge is -2.24. The van der Waals surface area contributed by atoms with Crippen LogP contribution in [0.5, 0.6) is 0 Å². The van der Waals surface area contributed by atoms with E-state index in [1.165, 1.54) is 5.56 Å². The van der Waals surface area contributed by atoms with Crippen molar-refractivity contribution in [3.05, 3.63) is 69.7 Å². The fraction of sp³-hybridized carbons (Fsp3) is 0.333. The number of benzene rings is 2. The Morgan fingerprint density at radius 3 is 2.29 bits per heavy atom. The third-order valence-electron chi connectivity index (χ3n) is 3.67. The summed E-state index contributed by atoms with van der Waals surface area (Å²) in [6.45, 7) is 4.35. The molecule has 0 radical (unpaired) electrons. The Hall–Kier alpha value is -1.02. The highest BCUT2D eigenvalue weighted by Gasteiger charge is 2.16. The van der Waals surface area contributed by atoms with Gasteiger partial charge in [-0.05, 0) is 42.7 Å². The maximum Gasteiger partial charge on any atom is 0.0453 e. The summed E-state index contributed by atoms with van der Waals surface area (Å²) in [7, 11) is 0. The highest BCUT2D eigenvalue weighted by Crippen LogP contribution is 2.27. The first-order valence-corrected chi connectivity index (χ1v) is 8.13. The van der Waals surface area contributed by atoms with Crippen molar-refractivity contribution < 1.29 is 0 Å². The van der Waals surface area contributed by atoms with Crippen LogP contribution in [0.2, 0.25) is 10.0 Å². The lowest BCUT2D eigenvalue weighted by Crippen LogP contribution is -2.24. The van der Waals surface area contributed by atoms with E-state index in [-0.39, 0.29) is 6.04 Å². The van der Waals surface area contributed by atoms with E-state index in [2.05, 4.69) is 37.4 Å². The van der Waals surface area contributed by atoms with Crippen LogP contribution in [0.3, 0.4) is 0 Å². The minimum atomic E-state index is 0.200. The summed E-state index contributed by atoms with van der Waals surface area (Å²) in [6, 6.07) is 16.6. The molecule has 2 aromatic carbocycles. The second kappa shape index (κ2) is 7.84. The molecule has 0 aliphatic heterocycles.